The number of carbonyl (C=O) groups excluding carboxylic acids is 1. The molecule has 0 bridgehead atoms. The third-order valence-electron chi connectivity index (χ3n) is 6.40. The third-order valence-corrected chi connectivity index (χ3v) is 6.40. The van der Waals surface area contributed by atoms with Crippen molar-refractivity contribution in [2.45, 2.75) is 50.2 Å². The molecule has 2 aliphatic heterocycles. The molecule has 2 atom stereocenters. The first-order valence-electron chi connectivity index (χ1n) is 9.26. The highest BCUT2D eigenvalue weighted by Crippen LogP contribution is 2.55. The summed E-state index contributed by atoms with van der Waals surface area (Å²) in [4.78, 5) is 11.9. The van der Waals surface area contributed by atoms with Gasteiger partial charge in [0.1, 0.15) is 5.75 Å². The van der Waals surface area contributed by atoms with Crippen LogP contribution in [0, 0.1) is 5.92 Å². The van der Waals surface area contributed by atoms with Crippen LogP contribution in [-0.4, -0.2) is 38.7 Å². The molecule has 1 aliphatic carbocycles. The zero-order valence-electron chi connectivity index (χ0n) is 15.0. The summed E-state index contributed by atoms with van der Waals surface area (Å²) in [6.45, 7) is 4.30. The number of carbonyl (C=O) groups is 1. The largest absolute Gasteiger partial charge is 0.493 e. The van der Waals surface area contributed by atoms with Crippen LogP contribution >= 0.6 is 0 Å². The van der Waals surface area contributed by atoms with Gasteiger partial charge in [0.2, 0.25) is 0 Å². The zero-order valence-corrected chi connectivity index (χ0v) is 15.0. The molecular formula is C20H26O5. The standard InChI is InChI=1S/C20H26O5/c1-3-19-7-8-20(24-10-11-25-20)13-15(19)6-9-23-17-12-14(18(21)22-2)4-5-16(17)19/h4-5,12,15H,3,6-11,13H2,1-2H3/t15-,19?/m0/s1. The summed E-state index contributed by atoms with van der Waals surface area (Å²) >= 11 is 0. The van der Waals surface area contributed by atoms with Gasteiger partial charge in [-0.25, -0.2) is 4.79 Å². The highest BCUT2D eigenvalue weighted by atomic mass is 16.7. The number of esters is 1. The number of rotatable bonds is 2. The zero-order chi connectivity index (χ0) is 17.5. The van der Waals surface area contributed by atoms with Crippen molar-refractivity contribution in [3.8, 4) is 5.75 Å². The van der Waals surface area contributed by atoms with Crippen molar-refractivity contribution in [2.24, 2.45) is 5.92 Å². The summed E-state index contributed by atoms with van der Waals surface area (Å²) in [5.74, 6) is 0.568. The summed E-state index contributed by atoms with van der Waals surface area (Å²) < 4.78 is 22.9. The highest BCUT2D eigenvalue weighted by molar-refractivity contribution is 5.90. The second kappa shape index (κ2) is 6.29. The maximum Gasteiger partial charge on any atom is 0.337 e. The Hall–Kier alpha value is -1.59. The van der Waals surface area contributed by atoms with Crippen LogP contribution in [0.25, 0.3) is 0 Å². The average Bonchev–Trinajstić information content (AvgIpc) is 3.03. The van der Waals surface area contributed by atoms with Gasteiger partial charge < -0.3 is 18.9 Å². The monoisotopic (exact) mass is 346 g/mol. The summed E-state index contributed by atoms with van der Waals surface area (Å²) in [5, 5.41) is 0. The van der Waals surface area contributed by atoms with E-state index in [4.69, 9.17) is 18.9 Å². The molecule has 1 unspecified atom stereocenters. The number of ether oxygens (including phenoxy) is 4. The van der Waals surface area contributed by atoms with E-state index in [1.54, 1.807) is 0 Å². The van der Waals surface area contributed by atoms with Crippen LogP contribution in [-0.2, 0) is 19.6 Å². The number of hydrogen-bond acceptors (Lipinski definition) is 5. The van der Waals surface area contributed by atoms with Gasteiger partial charge in [0.05, 0.1) is 32.5 Å². The first-order chi connectivity index (χ1) is 12.1. The Morgan fingerprint density at radius 3 is 2.76 bits per heavy atom. The highest BCUT2D eigenvalue weighted by Gasteiger charge is 2.53. The molecule has 136 valence electrons. The first-order valence-corrected chi connectivity index (χ1v) is 9.26. The molecule has 0 radical (unpaired) electrons. The van der Waals surface area contributed by atoms with E-state index >= 15 is 0 Å². The van der Waals surface area contributed by atoms with E-state index < -0.39 is 0 Å². The van der Waals surface area contributed by atoms with E-state index in [0.29, 0.717) is 31.3 Å². The van der Waals surface area contributed by atoms with E-state index in [1.165, 1.54) is 12.7 Å². The van der Waals surface area contributed by atoms with Crippen molar-refractivity contribution in [1.29, 1.82) is 0 Å². The average molecular weight is 346 g/mol. The molecule has 5 nitrogen and oxygen atoms in total. The van der Waals surface area contributed by atoms with Crippen molar-refractivity contribution in [2.75, 3.05) is 26.9 Å². The van der Waals surface area contributed by atoms with Crippen LogP contribution < -0.4 is 4.74 Å². The number of methoxy groups -OCH3 is 1. The minimum atomic E-state index is -0.389. The van der Waals surface area contributed by atoms with Gasteiger partial charge in [-0.3, -0.25) is 0 Å². The van der Waals surface area contributed by atoms with E-state index in [-0.39, 0.29) is 17.2 Å². The third kappa shape index (κ3) is 2.64. The van der Waals surface area contributed by atoms with E-state index in [2.05, 4.69) is 13.0 Å². The quantitative estimate of drug-likeness (QED) is 0.768. The molecule has 0 N–H and O–H groups in total. The summed E-state index contributed by atoms with van der Waals surface area (Å²) in [7, 11) is 1.40. The van der Waals surface area contributed by atoms with Crippen LogP contribution in [0.15, 0.2) is 18.2 Å². The lowest BCUT2D eigenvalue weighted by atomic mass is 9.59. The van der Waals surface area contributed by atoms with Gasteiger partial charge in [0.25, 0.3) is 0 Å². The molecule has 2 fully saturated rings. The Morgan fingerprint density at radius 1 is 1.24 bits per heavy atom. The maximum absolute atomic E-state index is 11.9. The molecule has 1 spiro atoms. The molecule has 25 heavy (non-hydrogen) atoms. The van der Waals surface area contributed by atoms with Gasteiger partial charge in [-0.2, -0.15) is 0 Å². The van der Waals surface area contributed by atoms with Gasteiger partial charge in [-0.1, -0.05) is 13.0 Å². The smallest absolute Gasteiger partial charge is 0.337 e. The Morgan fingerprint density at radius 2 is 2.04 bits per heavy atom. The van der Waals surface area contributed by atoms with Crippen LogP contribution in [0.4, 0.5) is 0 Å². The lowest BCUT2D eigenvalue weighted by Crippen LogP contribution is -2.48. The van der Waals surface area contributed by atoms with Crippen molar-refractivity contribution in [3.63, 3.8) is 0 Å². The molecule has 0 aromatic heterocycles. The van der Waals surface area contributed by atoms with Gasteiger partial charge in [0, 0.05) is 23.8 Å². The molecule has 1 aromatic rings. The lowest BCUT2D eigenvalue weighted by Gasteiger charge is -2.49. The van der Waals surface area contributed by atoms with Crippen LogP contribution in [0.5, 0.6) is 5.75 Å². The molecule has 1 aromatic carbocycles. The molecule has 1 saturated heterocycles. The number of benzene rings is 1. The minimum absolute atomic E-state index is 0.0566. The van der Waals surface area contributed by atoms with Crippen molar-refractivity contribution in [3.05, 3.63) is 29.3 Å². The van der Waals surface area contributed by atoms with Gasteiger partial charge in [-0.15, -0.1) is 0 Å². The Balaban J connectivity index is 1.72. The fourth-order valence-electron chi connectivity index (χ4n) is 5.05. The normalized spacial score (nSPS) is 30.1. The summed E-state index contributed by atoms with van der Waals surface area (Å²) in [6.07, 6.45) is 4.87. The van der Waals surface area contributed by atoms with E-state index in [9.17, 15) is 4.79 Å². The fraction of sp³-hybridized carbons (Fsp3) is 0.650. The maximum atomic E-state index is 11.9. The molecule has 0 amide bonds. The Labute approximate surface area is 148 Å². The second-order valence-corrected chi connectivity index (χ2v) is 7.36. The first kappa shape index (κ1) is 16.9. The number of hydrogen-bond donors (Lipinski definition) is 0. The SMILES string of the molecule is CCC12CCC3(C[C@@H]1CCOc1cc(C(=O)OC)ccc12)OCCO3. The van der Waals surface area contributed by atoms with Crippen molar-refractivity contribution >= 4 is 5.97 Å². The van der Waals surface area contributed by atoms with Gasteiger partial charge in [-0.05, 0) is 37.3 Å². The Kier molecular flexibility index (Phi) is 4.24. The molecule has 3 aliphatic rings. The number of fused-ring (bicyclic) bond motifs is 3. The van der Waals surface area contributed by atoms with E-state index in [0.717, 1.165) is 37.9 Å². The summed E-state index contributed by atoms with van der Waals surface area (Å²) in [5.41, 5.74) is 1.82. The minimum Gasteiger partial charge on any atom is -0.493 e. The van der Waals surface area contributed by atoms with E-state index in [1.807, 2.05) is 12.1 Å². The predicted molar refractivity (Wildman–Crippen MR) is 91.8 cm³/mol. The Bertz CT molecular complexity index is 664. The van der Waals surface area contributed by atoms with Crippen LogP contribution in [0.3, 0.4) is 0 Å². The molecular weight excluding hydrogens is 320 g/mol. The van der Waals surface area contributed by atoms with Crippen LogP contribution in [0.1, 0.15) is 54.9 Å². The lowest BCUT2D eigenvalue weighted by molar-refractivity contribution is -0.199. The molecule has 2 heterocycles. The molecule has 1 saturated carbocycles. The second-order valence-electron chi connectivity index (χ2n) is 7.36. The molecule has 4 rings (SSSR count). The predicted octanol–water partition coefficient (Wildman–Crippen LogP) is 3.45. The van der Waals surface area contributed by atoms with Crippen molar-refractivity contribution in [1.82, 2.24) is 0 Å². The van der Waals surface area contributed by atoms with Crippen LogP contribution in [0.2, 0.25) is 0 Å². The topological polar surface area (TPSA) is 54.0 Å². The molecule has 5 heteroatoms. The summed E-state index contributed by atoms with van der Waals surface area (Å²) in [6, 6.07) is 5.77. The van der Waals surface area contributed by atoms with Gasteiger partial charge in [0.15, 0.2) is 5.79 Å². The van der Waals surface area contributed by atoms with Gasteiger partial charge >= 0.3 is 5.97 Å². The fourth-order valence-corrected chi connectivity index (χ4v) is 5.05. The van der Waals surface area contributed by atoms with Crippen molar-refractivity contribution < 1.29 is 23.7 Å².